The Labute approximate surface area is 162 Å². The summed E-state index contributed by atoms with van der Waals surface area (Å²) in [6.07, 6.45) is 0. The van der Waals surface area contributed by atoms with Gasteiger partial charge in [0.15, 0.2) is 5.78 Å². The first kappa shape index (κ1) is 20.1. The Bertz CT molecular complexity index is 939. The number of hydrogen-bond donors (Lipinski definition) is 0. The van der Waals surface area contributed by atoms with Crippen LogP contribution in [-0.4, -0.2) is 35.1 Å². The summed E-state index contributed by atoms with van der Waals surface area (Å²) in [5.74, 6) is -0.771. The lowest BCUT2D eigenvalue weighted by molar-refractivity contribution is -0.385. The molecule has 2 rings (SSSR count). The van der Waals surface area contributed by atoms with E-state index in [1.54, 1.807) is 0 Å². The highest BCUT2D eigenvalue weighted by Crippen LogP contribution is 2.40. The predicted molar refractivity (Wildman–Crippen MR) is 95.4 cm³/mol. The molecule has 1 aliphatic carbocycles. The molecule has 1 aromatic rings. The number of carbonyl (C=O) groups excluding carboxylic acids is 1. The van der Waals surface area contributed by atoms with Gasteiger partial charge in [0.05, 0.1) is 20.6 Å². The molecule has 0 saturated heterocycles. The van der Waals surface area contributed by atoms with Crippen molar-refractivity contribution < 1.29 is 18.1 Å². The van der Waals surface area contributed by atoms with Gasteiger partial charge in [-0.25, -0.2) is 0 Å². The van der Waals surface area contributed by atoms with E-state index in [-0.39, 0.29) is 0 Å². The van der Waals surface area contributed by atoms with Crippen LogP contribution in [-0.2, 0) is 14.8 Å². The van der Waals surface area contributed by atoms with Gasteiger partial charge in [-0.2, -0.15) is 12.8 Å². The predicted octanol–water partition coefficient (Wildman–Crippen LogP) is 3.60. The van der Waals surface area contributed by atoms with Crippen LogP contribution in [0.15, 0.2) is 43.6 Å². The smallest absolute Gasteiger partial charge is 0.282 e. The Morgan fingerprint density at radius 3 is 2.44 bits per heavy atom. The molecule has 134 valence electrons. The Kier molecular flexibility index (Phi) is 5.51. The number of rotatable bonds is 3. The van der Waals surface area contributed by atoms with Crippen molar-refractivity contribution in [2.45, 2.75) is 22.1 Å². The van der Waals surface area contributed by atoms with Crippen molar-refractivity contribution in [1.29, 1.82) is 0 Å². The summed E-state index contributed by atoms with van der Waals surface area (Å²) in [5.41, 5.74) is -0.860. The van der Waals surface area contributed by atoms with Crippen LogP contribution in [0, 0.1) is 10.1 Å². The average molecular weight is 446 g/mol. The molecule has 0 N–H and O–H groups in total. The lowest BCUT2D eigenvalue weighted by Gasteiger charge is -2.31. The molecular weight excluding hydrogens is 438 g/mol. The van der Waals surface area contributed by atoms with Gasteiger partial charge in [0, 0.05) is 12.1 Å². The van der Waals surface area contributed by atoms with Crippen LogP contribution >= 0.6 is 46.4 Å². The van der Waals surface area contributed by atoms with Crippen LogP contribution in [0.4, 0.5) is 5.69 Å². The van der Waals surface area contributed by atoms with Gasteiger partial charge in [-0.15, -0.1) is 23.2 Å². The number of non-ortho nitro benzene ring substituents is 1. The number of nitrogens with zero attached hydrogens (tertiary/aromatic N) is 2. The topological polar surface area (TPSA) is 107 Å². The fourth-order valence-electron chi connectivity index (χ4n) is 1.94. The first-order valence-corrected chi connectivity index (χ1v) is 9.43. The van der Waals surface area contributed by atoms with Gasteiger partial charge in [0.25, 0.3) is 15.7 Å². The Morgan fingerprint density at radius 2 is 1.88 bits per heavy atom. The molecule has 0 amide bonds. The Hall–Kier alpha value is -1.19. The maximum absolute atomic E-state index is 12.4. The normalized spacial score (nSPS) is 26.2. The number of Topliss-reactive ketones (excluding diaryl/α,β-unsaturated/α-hetero) is 1. The lowest BCUT2D eigenvalue weighted by atomic mass is 9.91. The van der Waals surface area contributed by atoms with Crippen LogP contribution in [0.1, 0.15) is 6.92 Å². The zero-order chi connectivity index (χ0) is 19.2. The zero-order valence-electron chi connectivity index (χ0n) is 12.2. The Morgan fingerprint density at radius 1 is 1.28 bits per heavy atom. The molecule has 0 aliphatic heterocycles. The molecule has 0 unspecified atom stereocenters. The SMILES string of the molecule is C[C@]1(Cl)C(=O)C(Cl)=C(Cl)C(=NS(=O)(=O)c2cccc([N+](=O)[O-])c2)[C@@H]1Cl. The molecule has 1 aromatic carbocycles. The number of carbonyl (C=O) groups is 1. The molecule has 0 radical (unpaired) electrons. The van der Waals surface area contributed by atoms with E-state index in [0.29, 0.717) is 0 Å². The van der Waals surface area contributed by atoms with Crippen molar-refractivity contribution >= 4 is 73.6 Å². The number of sulfonamides is 1. The molecular formula is C13H8Cl4N2O5S. The van der Waals surface area contributed by atoms with Crippen LogP contribution in [0.5, 0.6) is 0 Å². The van der Waals surface area contributed by atoms with E-state index >= 15 is 0 Å². The van der Waals surface area contributed by atoms with Crippen molar-refractivity contribution in [1.82, 2.24) is 0 Å². The highest BCUT2D eigenvalue weighted by Gasteiger charge is 2.49. The van der Waals surface area contributed by atoms with Crippen molar-refractivity contribution in [2.24, 2.45) is 4.40 Å². The first-order valence-electron chi connectivity index (χ1n) is 6.42. The third-order valence-corrected chi connectivity index (χ3v) is 6.59. The Balaban J connectivity index is 2.63. The largest absolute Gasteiger partial charge is 0.291 e. The molecule has 12 heteroatoms. The van der Waals surface area contributed by atoms with Crippen LogP contribution in [0.25, 0.3) is 0 Å². The van der Waals surface area contributed by atoms with Crippen LogP contribution in [0.3, 0.4) is 0 Å². The fraction of sp³-hybridized carbons (Fsp3) is 0.231. The average Bonchev–Trinajstić information content (AvgIpc) is 2.56. The summed E-state index contributed by atoms with van der Waals surface area (Å²) in [6, 6.07) is 4.25. The quantitative estimate of drug-likeness (QED) is 0.401. The summed E-state index contributed by atoms with van der Waals surface area (Å²) in [6.45, 7) is 1.25. The maximum atomic E-state index is 12.4. The summed E-state index contributed by atoms with van der Waals surface area (Å²) in [7, 11) is -4.42. The second kappa shape index (κ2) is 6.85. The lowest BCUT2D eigenvalue weighted by Crippen LogP contribution is -2.47. The number of hydrogen-bond acceptors (Lipinski definition) is 5. The first-order chi connectivity index (χ1) is 11.4. The number of allylic oxidation sites excluding steroid dienone is 2. The monoisotopic (exact) mass is 444 g/mol. The van der Waals surface area contributed by atoms with Gasteiger partial charge < -0.3 is 0 Å². The van der Waals surface area contributed by atoms with E-state index in [2.05, 4.69) is 4.40 Å². The molecule has 7 nitrogen and oxygen atoms in total. The number of ketones is 1. The molecule has 0 heterocycles. The molecule has 2 atom stereocenters. The highest BCUT2D eigenvalue weighted by atomic mass is 35.5. The van der Waals surface area contributed by atoms with E-state index in [1.165, 1.54) is 13.0 Å². The van der Waals surface area contributed by atoms with Crippen LogP contribution in [0.2, 0.25) is 0 Å². The highest BCUT2D eigenvalue weighted by molar-refractivity contribution is 7.90. The summed E-state index contributed by atoms with van der Waals surface area (Å²) >= 11 is 23.8. The van der Waals surface area contributed by atoms with Gasteiger partial charge in [-0.3, -0.25) is 14.9 Å². The number of benzene rings is 1. The third-order valence-electron chi connectivity index (χ3n) is 3.32. The van der Waals surface area contributed by atoms with Crippen molar-refractivity contribution in [2.75, 3.05) is 0 Å². The third kappa shape index (κ3) is 3.68. The van der Waals surface area contributed by atoms with Gasteiger partial charge in [0.2, 0.25) is 0 Å². The molecule has 1 aliphatic rings. The standard InChI is InChI=1S/C13H8Cl4N2O5S/c1-13(17)11(16)10(8(14)9(15)12(13)20)18-25(23,24)7-4-2-3-6(5-7)19(21)22/h2-5,11H,1H3/t11-,13+/m0/s1. The van der Waals surface area contributed by atoms with Crippen molar-refractivity contribution in [3.05, 3.63) is 44.4 Å². The van der Waals surface area contributed by atoms with E-state index < -0.39 is 57.3 Å². The molecule has 0 aromatic heterocycles. The summed E-state index contributed by atoms with van der Waals surface area (Å²) < 4.78 is 28.4. The van der Waals surface area contributed by atoms with Gasteiger partial charge in [-0.05, 0) is 13.0 Å². The molecule has 0 spiro atoms. The number of halogens is 4. The van der Waals surface area contributed by atoms with Gasteiger partial charge in [-0.1, -0.05) is 29.3 Å². The number of alkyl halides is 2. The minimum absolute atomic E-state index is 0.420. The molecule has 25 heavy (non-hydrogen) atoms. The fourth-order valence-corrected chi connectivity index (χ4v) is 4.21. The molecule has 0 fully saturated rings. The van der Waals surface area contributed by atoms with E-state index in [9.17, 15) is 23.3 Å². The van der Waals surface area contributed by atoms with E-state index in [4.69, 9.17) is 46.4 Å². The second-order valence-electron chi connectivity index (χ2n) is 5.10. The summed E-state index contributed by atoms with van der Waals surface area (Å²) in [5, 5.41) is 8.47. The second-order valence-corrected chi connectivity index (χ2v) is 8.68. The summed E-state index contributed by atoms with van der Waals surface area (Å²) in [4.78, 5) is 19.8. The minimum Gasteiger partial charge on any atom is -0.291 e. The van der Waals surface area contributed by atoms with Crippen LogP contribution < -0.4 is 0 Å². The van der Waals surface area contributed by atoms with Gasteiger partial charge >= 0.3 is 0 Å². The maximum Gasteiger partial charge on any atom is 0.282 e. The number of nitro benzene ring substituents is 1. The molecule has 0 bridgehead atoms. The molecule has 0 saturated carbocycles. The van der Waals surface area contributed by atoms with Crippen molar-refractivity contribution in [3.63, 3.8) is 0 Å². The van der Waals surface area contributed by atoms with Gasteiger partial charge in [0.1, 0.15) is 15.3 Å². The zero-order valence-corrected chi connectivity index (χ0v) is 16.1. The van der Waals surface area contributed by atoms with Crippen molar-refractivity contribution in [3.8, 4) is 0 Å². The minimum atomic E-state index is -4.42. The number of nitro groups is 1. The van der Waals surface area contributed by atoms with E-state index in [1.807, 2.05) is 0 Å². The van der Waals surface area contributed by atoms with E-state index in [0.717, 1.165) is 18.2 Å².